The average molecular weight is 1540 g/mol. The lowest BCUT2D eigenvalue weighted by molar-refractivity contribution is 0.660. The first-order valence-corrected chi connectivity index (χ1v) is 41.7. The van der Waals surface area contributed by atoms with E-state index in [1.54, 1.807) is 0 Å². The summed E-state index contributed by atoms with van der Waals surface area (Å²) >= 11 is 0. The van der Waals surface area contributed by atoms with Gasteiger partial charge in [-0.3, -0.25) is 0 Å². The van der Waals surface area contributed by atoms with Crippen LogP contribution in [0.4, 0.5) is 68.2 Å². The van der Waals surface area contributed by atoms with Crippen molar-refractivity contribution in [2.24, 2.45) is 0 Å². The van der Waals surface area contributed by atoms with Gasteiger partial charge in [0.1, 0.15) is 0 Å². The second kappa shape index (κ2) is 32.3. The Labute approximate surface area is 706 Å². The van der Waals surface area contributed by atoms with Crippen LogP contribution < -0.4 is 19.6 Å². The highest BCUT2D eigenvalue weighted by atomic mass is 15.2. The number of hydrogen-bond acceptors (Lipinski definition) is 4. The third kappa shape index (κ3) is 14.9. The third-order valence-corrected chi connectivity index (χ3v) is 24.3. The van der Waals surface area contributed by atoms with Crippen molar-refractivity contribution < 1.29 is 0 Å². The first kappa shape index (κ1) is 75.2. The smallest absolute Gasteiger partial charge is 0.0465 e. The van der Waals surface area contributed by atoms with Crippen LogP contribution in [-0.4, -0.2) is 0 Å². The molecule has 0 unspecified atom stereocenters. The van der Waals surface area contributed by atoms with Gasteiger partial charge >= 0.3 is 0 Å². The second-order valence-corrected chi connectivity index (χ2v) is 32.7. The van der Waals surface area contributed by atoms with E-state index >= 15 is 0 Å². The van der Waals surface area contributed by atoms with E-state index in [1.165, 1.54) is 122 Å². The maximum absolute atomic E-state index is 2.42. The van der Waals surface area contributed by atoms with Gasteiger partial charge in [-0.2, -0.15) is 0 Å². The Balaban J connectivity index is 0.000000161. The molecule has 0 spiro atoms. The van der Waals surface area contributed by atoms with Gasteiger partial charge in [-0.1, -0.05) is 342 Å². The van der Waals surface area contributed by atoms with Crippen LogP contribution in [0.5, 0.6) is 0 Å². The van der Waals surface area contributed by atoms with Crippen LogP contribution >= 0.6 is 0 Å². The van der Waals surface area contributed by atoms with Crippen molar-refractivity contribution in [3.63, 3.8) is 0 Å². The summed E-state index contributed by atoms with van der Waals surface area (Å²) in [6.07, 6.45) is 0. The molecule has 0 radical (unpaired) electrons. The summed E-state index contributed by atoms with van der Waals surface area (Å²) in [5, 5.41) is 0. The molecule has 0 aliphatic heterocycles. The third-order valence-electron chi connectivity index (χ3n) is 24.3. The molecule has 0 amide bonds. The molecule has 18 aromatic carbocycles. The molecule has 0 aromatic heterocycles. The summed E-state index contributed by atoms with van der Waals surface area (Å²) in [4.78, 5) is 9.57. The van der Waals surface area contributed by atoms with Crippen LogP contribution in [0.2, 0.25) is 0 Å². The Morgan fingerprint density at radius 1 is 0.142 bits per heavy atom. The fourth-order valence-corrected chi connectivity index (χ4v) is 17.8. The van der Waals surface area contributed by atoms with Gasteiger partial charge in [0, 0.05) is 79.1 Å². The SMILES string of the molecule is CC1(C)c2cc(N(c3ccc(-c4ccccc4)cc3)c3ccc(-c4ccccc4)cc3)ccc2-c2ccc(N(c3ccc(-c4ccccc4)cc3)c3ccc(-c4ccccc4)cc3)cc21.Cc1ccc(N(c2ccc(-c3ccccc3)cc2)c2ccc3c(c2)C(C)(C)c2cc(N(c4ccc(C)cc4)c4ccc(-c5ccccc5)cc4)ccc2-3)cc1. The summed E-state index contributed by atoms with van der Waals surface area (Å²) in [6, 6.07) is 163. The molecular weight excluding hydrogens is 1450 g/mol. The zero-order valence-corrected chi connectivity index (χ0v) is 68.5. The first-order chi connectivity index (χ1) is 58.8. The summed E-state index contributed by atoms with van der Waals surface area (Å²) < 4.78 is 0. The number of rotatable bonds is 18. The van der Waals surface area contributed by atoms with Gasteiger partial charge in [-0.15, -0.1) is 0 Å². The summed E-state index contributed by atoms with van der Waals surface area (Å²) in [7, 11) is 0. The molecule has 0 atom stereocenters. The van der Waals surface area contributed by atoms with Crippen LogP contribution in [0.1, 0.15) is 61.1 Å². The van der Waals surface area contributed by atoms with E-state index in [0.717, 1.165) is 68.2 Å². The molecule has 0 saturated carbocycles. The molecular formula is C116H92N4. The fraction of sp³-hybridized carbons (Fsp3) is 0.0690. The molecule has 2 aliphatic rings. The summed E-state index contributed by atoms with van der Waals surface area (Å²) in [6.45, 7) is 13.8. The van der Waals surface area contributed by atoms with Crippen molar-refractivity contribution in [3.8, 4) is 89.0 Å². The van der Waals surface area contributed by atoms with E-state index in [1.807, 2.05) is 0 Å². The van der Waals surface area contributed by atoms with Gasteiger partial charge in [0.2, 0.25) is 0 Å². The zero-order chi connectivity index (χ0) is 81.3. The molecule has 576 valence electrons. The van der Waals surface area contributed by atoms with E-state index in [9.17, 15) is 0 Å². The topological polar surface area (TPSA) is 13.0 Å². The van der Waals surface area contributed by atoms with Gasteiger partial charge in [0.05, 0.1) is 0 Å². The van der Waals surface area contributed by atoms with Gasteiger partial charge in [-0.05, 0) is 271 Å². The van der Waals surface area contributed by atoms with Crippen molar-refractivity contribution >= 4 is 68.2 Å². The van der Waals surface area contributed by atoms with E-state index in [4.69, 9.17) is 0 Å². The predicted molar refractivity (Wildman–Crippen MR) is 509 cm³/mol. The van der Waals surface area contributed by atoms with Gasteiger partial charge < -0.3 is 19.6 Å². The summed E-state index contributed by atoms with van der Waals surface area (Å²) in [5.41, 5.74) is 40.5. The number of nitrogens with zero attached hydrogens (tertiary/aromatic N) is 4. The van der Waals surface area contributed by atoms with Crippen LogP contribution in [-0.2, 0) is 10.8 Å². The van der Waals surface area contributed by atoms with Gasteiger partial charge in [0.25, 0.3) is 0 Å². The standard InChI is InChI=1S/C63H48N2.C53H44N2/c1-63(2)61-43-57(64(53-31-23-49(24-32-53)45-15-7-3-8-16-45)54-33-25-50(26-34-54)46-17-9-4-10-18-46)39-41-59(61)60-42-40-58(44-62(60)63)65(55-35-27-51(28-36-55)47-19-11-5-12-20-47)56-37-29-52(30-38-56)48-21-13-6-14-22-48;1-37-15-23-43(24-16-37)54(45-27-19-41(20-28-45)39-11-7-5-8-12-39)47-31-33-49-50-34-32-48(36-52(50)53(3,4)51(49)35-47)55(44-25-17-38(2)18-26-44)46-29-21-42(22-30-46)40-13-9-6-10-14-40/h3-44H,1-2H3;5-36H,1-4H3. The molecule has 4 heteroatoms. The lowest BCUT2D eigenvalue weighted by Crippen LogP contribution is -2.17. The predicted octanol–water partition coefficient (Wildman–Crippen LogP) is 32.5. The Bertz CT molecular complexity index is 6040. The minimum Gasteiger partial charge on any atom is -0.310 e. The lowest BCUT2D eigenvalue weighted by atomic mass is 9.82. The van der Waals surface area contributed by atoms with Crippen LogP contribution in [0.3, 0.4) is 0 Å². The molecule has 120 heavy (non-hydrogen) atoms. The highest BCUT2D eigenvalue weighted by Crippen LogP contribution is 2.55. The molecule has 0 N–H and O–H groups in total. The fourth-order valence-electron chi connectivity index (χ4n) is 17.8. The largest absolute Gasteiger partial charge is 0.310 e. The van der Waals surface area contributed by atoms with Crippen LogP contribution in [0.25, 0.3) is 89.0 Å². The first-order valence-electron chi connectivity index (χ1n) is 41.7. The second-order valence-electron chi connectivity index (χ2n) is 32.7. The maximum Gasteiger partial charge on any atom is 0.0465 e. The monoisotopic (exact) mass is 1540 g/mol. The van der Waals surface area contributed by atoms with Gasteiger partial charge in [0.15, 0.2) is 0 Å². The normalized spacial score (nSPS) is 12.4. The molecule has 0 fully saturated rings. The van der Waals surface area contributed by atoms with Crippen LogP contribution in [0, 0.1) is 13.8 Å². The van der Waals surface area contributed by atoms with Crippen molar-refractivity contribution in [1.82, 2.24) is 0 Å². The number of fused-ring (bicyclic) bond motifs is 6. The number of aryl methyl sites for hydroxylation is 2. The van der Waals surface area contributed by atoms with Gasteiger partial charge in [-0.25, -0.2) is 0 Å². The Kier molecular flexibility index (Phi) is 20.3. The molecule has 0 bridgehead atoms. The van der Waals surface area contributed by atoms with E-state index < -0.39 is 0 Å². The molecule has 0 saturated heterocycles. The number of hydrogen-bond donors (Lipinski definition) is 0. The Morgan fingerprint density at radius 3 is 0.433 bits per heavy atom. The van der Waals surface area contributed by atoms with Crippen molar-refractivity contribution in [3.05, 3.63) is 482 Å². The molecule has 20 rings (SSSR count). The highest BCUT2D eigenvalue weighted by molar-refractivity contribution is 5.92. The lowest BCUT2D eigenvalue weighted by Gasteiger charge is -2.29. The molecule has 4 nitrogen and oxygen atoms in total. The Morgan fingerprint density at radius 2 is 0.275 bits per heavy atom. The number of anilines is 12. The number of benzene rings is 18. The molecule has 2 aliphatic carbocycles. The van der Waals surface area contributed by atoms with Crippen molar-refractivity contribution in [2.75, 3.05) is 19.6 Å². The van der Waals surface area contributed by atoms with Crippen molar-refractivity contribution in [2.45, 2.75) is 52.4 Å². The minimum absolute atomic E-state index is 0.219. The molecule has 18 aromatic rings. The van der Waals surface area contributed by atoms with E-state index in [-0.39, 0.29) is 10.8 Å². The summed E-state index contributed by atoms with van der Waals surface area (Å²) in [5.74, 6) is 0. The maximum atomic E-state index is 2.42. The van der Waals surface area contributed by atoms with Crippen molar-refractivity contribution in [1.29, 1.82) is 0 Å². The van der Waals surface area contributed by atoms with Crippen LogP contribution in [0.15, 0.2) is 449 Å². The average Bonchev–Trinajstić information content (AvgIpc) is 1.58. The zero-order valence-electron chi connectivity index (χ0n) is 68.5. The van der Waals surface area contributed by atoms with E-state index in [0.29, 0.717) is 0 Å². The van der Waals surface area contributed by atoms with E-state index in [2.05, 4.69) is 510 Å². The quantitative estimate of drug-likeness (QED) is 0.0849. The minimum atomic E-state index is -0.267. The molecule has 0 heterocycles. The Hall–Kier alpha value is -14.8. The highest BCUT2D eigenvalue weighted by Gasteiger charge is 2.39.